The number of hydrogen-bond acceptors (Lipinski definition) is 3. The highest BCUT2D eigenvalue weighted by molar-refractivity contribution is 5.96. The molecule has 1 saturated carbocycles. The van der Waals surface area contributed by atoms with Crippen molar-refractivity contribution in [1.82, 2.24) is 10.2 Å². The van der Waals surface area contributed by atoms with E-state index in [0.29, 0.717) is 17.8 Å². The minimum atomic E-state index is -0.297. The van der Waals surface area contributed by atoms with Gasteiger partial charge in [-0.25, -0.2) is 4.39 Å². The molecule has 142 valence electrons. The van der Waals surface area contributed by atoms with Gasteiger partial charge in [0.05, 0.1) is 6.04 Å². The van der Waals surface area contributed by atoms with Crippen LogP contribution in [0.25, 0.3) is 0 Å². The normalized spacial score (nSPS) is 14.7. The van der Waals surface area contributed by atoms with Crippen molar-refractivity contribution in [3.05, 3.63) is 65.5 Å². The molecular formula is C21H24FN3O2. The number of halogens is 1. The van der Waals surface area contributed by atoms with E-state index < -0.39 is 0 Å². The van der Waals surface area contributed by atoms with E-state index in [1.165, 1.54) is 12.1 Å². The van der Waals surface area contributed by atoms with Gasteiger partial charge in [-0.15, -0.1) is 0 Å². The fraction of sp³-hybridized carbons (Fsp3) is 0.333. The Labute approximate surface area is 158 Å². The van der Waals surface area contributed by atoms with Crippen LogP contribution in [0.15, 0.2) is 48.5 Å². The monoisotopic (exact) mass is 369 g/mol. The molecule has 1 aliphatic carbocycles. The molecular weight excluding hydrogens is 345 g/mol. The SMILES string of the molecule is CN(C)C(CNC(=O)c1ccc(NC(=O)C2CC2)cc1)c1cccc(F)c1. The van der Waals surface area contributed by atoms with Crippen molar-refractivity contribution in [2.75, 3.05) is 26.0 Å². The second kappa shape index (κ2) is 8.31. The van der Waals surface area contributed by atoms with Gasteiger partial charge in [0.25, 0.3) is 5.91 Å². The summed E-state index contributed by atoms with van der Waals surface area (Å²) < 4.78 is 13.5. The van der Waals surface area contributed by atoms with E-state index in [1.807, 2.05) is 25.1 Å². The number of benzene rings is 2. The molecule has 0 aromatic heterocycles. The molecule has 1 aliphatic rings. The number of rotatable bonds is 7. The summed E-state index contributed by atoms with van der Waals surface area (Å²) in [7, 11) is 3.78. The van der Waals surface area contributed by atoms with E-state index in [9.17, 15) is 14.0 Å². The molecule has 2 aromatic rings. The third-order valence-electron chi connectivity index (χ3n) is 4.68. The zero-order valence-corrected chi connectivity index (χ0v) is 15.5. The third kappa shape index (κ3) is 5.14. The lowest BCUT2D eigenvalue weighted by atomic mass is 10.1. The number of anilines is 1. The van der Waals surface area contributed by atoms with Crippen LogP contribution in [-0.2, 0) is 4.79 Å². The van der Waals surface area contributed by atoms with Crippen LogP contribution < -0.4 is 10.6 Å². The number of carbonyl (C=O) groups excluding carboxylic acids is 2. The zero-order valence-electron chi connectivity index (χ0n) is 15.5. The summed E-state index contributed by atoms with van der Waals surface area (Å²) in [5.74, 6) is -0.331. The molecule has 27 heavy (non-hydrogen) atoms. The maximum atomic E-state index is 13.5. The highest BCUT2D eigenvalue weighted by Crippen LogP contribution is 2.30. The van der Waals surface area contributed by atoms with Crippen molar-refractivity contribution in [3.63, 3.8) is 0 Å². The Bertz CT molecular complexity index is 816. The second-order valence-electron chi connectivity index (χ2n) is 7.09. The molecule has 1 atom stereocenters. The molecule has 6 heteroatoms. The lowest BCUT2D eigenvalue weighted by Gasteiger charge is -2.25. The van der Waals surface area contributed by atoms with Gasteiger partial charge in [0, 0.05) is 23.7 Å². The molecule has 0 aliphatic heterocycles. The van der Waals surface area contributed by atoms with Crippen LogP contribution in [0.1, 0.15) is 34.8 Å². The van der Waals surface area contributed by atoms with E-state index in [2.05, 4.69) is 10.6 Å². The molecule has 5 nitrogen and oxygen atoms in total. The van der Waals surface area contributed by atoms with Crippen LogP contribution in [0.5, 0.6) is 0 Å². The molecule has 1 unspecified atom stereocenters. The van der Waals surface area contributed by atoms with Gasteiger partial charge in [-0.2, -0.15) is 0 Å². The first-order valence-electron chi connectivity index (χ1n) is 9.05. The first-order chi connectivity index (χ1) is 12.9. The van der Waals surface area contributed by atoms with E-state index >= 15 is 0 Å². The second-order valence-corrected chi connectivity index (χ2v) is 7.09. The van der Waals surface area contributed by atoms with Crippen molar-refractivity contribution in [1.29, 1.82) is 0 Å². The van der Waals surface area contributed by atoms with Crippen LogP contribution in [0, 0.1) is 11.7 Å². The smallest absolute Gasteiger partial charge is 0.251 e. The molecule has 2 aromatic carbocycles. The Hall–Kier alpha value is -2.73. The van der Waals surface area contributed by atoms with Crippen molar-refractivity contribution >= 4 is 17.5 Å². The Balaban J connectivity index is 1.59. The van der Waals surface area contributed by atoms with E-state index in [4.69, 9.17) is 0 Å². The Morgan fingerprint density at radius 2 is 1.85 bits per heavy atom. The molecule has 0 radical (unpaired) electrons. The molecule has 0 saturated heterocycles. The lowest BCUT2D eigenvalue weighted by molar-refractivity contribution is -0.117. The van der Waals surface area contributed by atoms with Crippen LogP contribution in [0.2, 0.25) is 0 Å². The van der Waals surface area contributed by atoms with Gasteiger partial charge < -0.3 is 15.5 Å². The molecule has 0 heterocycles. The van der Waals surface area contributed by atoms with Crippen molar-refractivity contribution in [3.8, 4) is 0 Å². The van der Waals surface area contributed by atoms with Crippen LogP contribution in [-0.4, -0.2) is 37.4 Å². The van der Waals surface area contributed by atoms with Crippen molar-refractivity contribution in [2.24, 2.45) is 5.92 Å². The van der Waals surface area contributed by atoms with Crippen LogP contribution in [0.4, 0.5) is 10.1 Å². The molecule has 0 bridgehead atoms. The molecule has 2 N–H and O–H groups in total. The molecule has 2 amide bonds. The quantitative estimate of drug-likeness (QED) is 0.788. The lowest BCUT2D eigenvalue weighted by Crippen LogP contribution is -2.34. The zero-order chi connectivity index (χ0) is 19.4. The Morgan fingerprint density at radius 1 is 1.15 bits per heavy atom. The number of nitrogens with zero attached hydrogens (tertiary/aromatic N) is 1. The topological polar surface area (TPSA) is 61.4 Å². The van der Waals surface area contributed by atoms with Gasteiger partial charge in [-0.05, 0) is 68.9 Å². The van der Waals surface area contributed by atoms with Crippen molar-refractivity contribution < 1.29 is 14.0 Å². The van der Waals surface area contributed by atoms with Crippen LogP contribution >= 0.6 is 0 Å². The first-order valence-corrected chi connectivity index (χ1v) is 9.05. The highest BCUT2D eigenvalue weighted by Gasteiger charge is 2.29. The summed E-state index contributed by atoms with van der Waals surface area (Å²) >= 11 is 0. The summed E-state index contributed by atoms with van der Waals surface area (Å²) in [6.45, 7) is 0.357. The van der Waals surface area contributed by atoms with E-state index in [-0.39, 0.29) is 29.6 Å². The van der Waals surface area contributed by atoms with E-state index in [0.717, 1.165) is 18.4 Å². The van der Waals surface area contributed by atoms with Gasteiger partial charge in [0.2, 0.25) is 5.91 Å². The minimum Gasteiger partial charge on any atom is -0.350 e. The predicted octanol–water partition coefficient (Wildman–Crippen LogP) is 3.21. The van der Waals surface area contributed by atoms with Gasteiger partial charge in [0.1, 0.15) is 5.82 Å². The number of hydrogen-bond donors (Lipinski definition) is 2. The third-order valence-corrected chi connectivity index (χ3v) is 4.68. The summed E-state index contributed by atoms with van der Waals surface area (Å²) in [5.41, 5.74) is 2.00. The Morgan fingerprint density at radius 3 is 2.44 bits per heavy atom. The van der Waals surface area contributed by atoms with Gasteiger partial charge in [-0.3, -0.25) is 9.59 Å². The summed E-state index contributed by atoms with van der Waals surface area (Å²) in [5, 5.41) is 5.75. The first kappa shape index (κ1) is 19.0. The minimum absolute atomic E-state index is 0.0381. The van der Waals surface area contributed by atoms with Gasteiger partial charge in [0.15, 0.2) is 0 Å². The average molecular weight is 369 g/mol. The maximum absolute atomic E-state index is 13.5. The molecule has 1 fully saturated rings. The molecule has 0 spiro atoms. The average Bonchev–Trinajstić information content (AvgIpc) is 3.47. The predicted molar refractivity (Wildman–Crippen MR) is 103 cm³/mol. The fourth-order valence-corrected chi connectivity index (χ4v) is 2.90. The maximum Gasteiger partial charge on any atom is 0.251 e. The standard InChI is InChI=1S/C21H24FN3O2/c1-25(2)19(16-4-3-5-17(22)12-16)13-23-20(26)14-8-10-18(11-9-14)24-21(27)15-6-7-15/h3-5,8-12,15,19H,6-7,13H2,1-2H3,(H,23,26)(H,24,27). The van der Waals surface area contributed by atoms with Gasteiger partial charge in [-0.1, -0.05) is 12.1 Å². The van der Waals surface area contributed by atoms with Crippen LogP contribution in [0.3, 0.4) is 0 Å². The fourth-order valence-electron chi connectivity index (χ4n) is 2.90. The summed E-state index contributed by atoms with van der Waals surface area (Å²) in [4.78, 5) is 26.1. The van der Waals surface area contributed by atoms with E-state index in [1.54, 1.807) is 30.3 Å². The summed E-state index contributed by atoms with van der Waals surface area (Å²) in [6.07, 6.45) is 1.90. The number of amides is 2. The molecule has 3 rings (SSSR count). The number of carbonyl (C=O) groups is 2. The largest absolute Gasteiger partial charge is 0.350 e. The van der Waals surface area contributed by atoms with Crippen molar-refractivity contribution in [2.45, 2.75) is 18.9 Å². The highest BCUT2D eigenvalue weighted by atomic mass is 19.1. The number of likely N-dealkylation sites (N-methyl/N-ethyl adjacent to an activating group) is 1. The summed E-state index contributed by atoms with van der Waals surface area (Å²) in [6, 6.07) is 13.1. The number of nitrogens with one attached hydrogen (secondary N) is 2. The Kier molecular flexibility index (Phi) is 5.86. The van der Waals surface area contributed by atoms with Gasteiger partial charge >= 0.3 is 0 Å².